The number of hydrogen-bond donors (Lipinski definition) is 0. The van der Waals surface area contributed by atoms with E-state index in [9.17, 15) is 0 Å². The molecule has 0 spiro atoms. The first-order chi connectivity index (χ1) is 31.3. The lowest BCUT2D eigenvalue weighted by Gasteiger charge is -2.11. The van der Waals surface area contributed by atoms with Gasteiger partial charge in [0.15, 0.2) is 0 Å². The molecule has 0 saturated carbocycles. The van der Waals surface area contributed by atoms with E-state index in [0.717, 1.165) is 17.1 Å². The maximum Gasteiger partial charge on any atom is 0.0641 e. The molecule has 0 fully saturated rings. The Labute approximate surface area is 364 Å². The van der Waals surface area contributed by atoms with Crippen LogP contribution >= 0.6 is 0 Å². The summed E-state index contributed by atoms with van der Waals surface area (Å²) >= 11 is 0. The van der Waals surface area contributed by atoms with Crippen LogP contribution in [0.15, 0.2) is 237 Å². The molecule has 3 aromatic heterocycles. The maximum absolute atomic E-state index is 2.47. The van der Waals surface area contributed by atoms with Crippen LogP contribution in [0.1, 0.15) is 0 Å². The molecule has 0 atom stereocenters. The minimum absolute atomic E-state index is 1.14. The van der Waals surface area contributed by atoms with Gasteiger partial charge in [-0.05, 0) is 112 Å². The molecule has 3 nitrogen and oxygen atoms in total. The molecule has 0 aliphatic rings. The second kappa shape index (κ2) is 14.1. The van der Waals surface area contributed by atoms with Crippen molar-refractivity contribution in [2.75, 3.05) is 0 Å². The molecular weight excluding hydrogens is 763 g/mol. The smallest absolute Gasteiger partial charge is 0.0641 e. The highest BCUT2D eigenvalue weighted by Gasteiger charge is 2.22. The van der Waals surface area contributed by atoms with Gasteiger partial charge in [-0.1, -0.05) is 158 Å². The van der Waals surface area contributed by atoms with Gasteiger partial charge in [0, 0.05) is 49.4 Å². The first kappa shape index (κ1) is 35.4. The van der Waals surface area contributed by atoms with E-state index in [0.29, 0.717) is 0 Å². The van der Waals surface area contributed by atoms with E-state index >= 15 is 0 Å². The Balaban J connectivity index is 1.07. The summed E-state index contributed by atoms with van der Waals surface area (Å²) in [4.78, 5) is 0. The van der Waals surface area contributed by atoms with Gasteiger partial charge in [0.25, 0.3) is 0 Å². The van der Waals surface area contributed by atoms with Crippen molar-refractivity contribution in [2.24, 2.45) is 0 Å². The van der Waals surface area contributed by atoms with Crippen LogP contribution in [0.2, 0.25) is 0 Å². The van der Waals surface area contributed by atoms with E-state index in [2.05, 4.69) is 250 Å². The van der Waals surface area contributed by atoms with Crippen LogP contribution in [0.4, 0.5) is 0 Å². The summed E-state index contributed by atoms with van der Waals surface area (Å²) in [6.45, 7) is 0. The Bertz CT molecular complexity index is 3890. The fourth-order valence-electron chi connectivity index (χ4n) is 10.2. The van der Waals surface area contributed by atoms with E-state index in [4.69, 9.17) is 0 Å². The Hall–Kier alpha value is -8.40. The average Bonchev–Trinajstić information content (AvgIpc) is 4.00. The van der Waals surface area contributed by atoms with Gasteiger partial charge in [0.1, 0.15) is 0 Å². The summed E-state index contributed by atoms with van der Waals surface area (Å²) in [5, 5.41) is 7.43. The molecule has 0 radical (unpaired) electrons. The molecule has 0 aliphatic heterocycles. The summed E-state index contributed by atoms with van der Waals surface area (Å²) in [5.41, 5.74) is 17.8. The van der Waals surface area contributed by atoms with Gasteiger partial charge >= 0.3 is 0 Å². The molecule has 13 rings (SSSR count). The number of benzene rings is 10. The fourth-order valence-corrected chi connectivity index (χ4v) is 10.2. The molecule has 0 unspecified atom stereocenters. The zero-order chi connectivity index (χ0) is 41.4. The molecule has 13 aromatic rings. The third-order valence-electron chi connectivity index (χ3n) is 13.0. The lowest BCUT2D eigenvalue weighted by Crippen LogP contribution is -1.95. The minimum Gasteiger partial charge on any atom is -0.309 e. The van der Waals surface area contributed by atoms with Gasteiger partial charge in [0.05, 0.1) is 33.1 Å². The third kappa shape index (κ3) is 5.53. The molecule has 294 valence electrons. The zero-order valence-electron chi connectivity index (χ0n) is 34.4. The Morgan fingerprint density at radius 1 is 0.206 bits per heavy atom. The van der Waals surface area contributed by atoms with Crippen molar-refractivity contribution < 1.29 is 0 Å². The largest absolute Gasteiger partial charge is 0.309 e. The average molecular weight is 802 g/mol. The van der Waals surface area contributed by atoms with Gasteiger partial charge in [0.2, 0.25) is 0 Å². The van der Waals surface area contributed by atoms with Gasteiger partial charge in [-0.2, -0.15) is 0 Å². The number of hydrogen-bond acceptors (Lipinski definition) is 0. The molecule has 3 heteroatoms. The van der Waals surface area contributed by atoms with Crippen molar-refractivity contribution in [1.29, 1.82) is 0 Å². The zero-order valence-corrected chi connectivity index (χ0v) is 34.4. The minimum atomic E-state index is 1.14. The molecular formula is C60H39N3. The Morgan fingerprint density at radius 2 is 0.619 bits per heavy atom. The van der Waals surface area contributed by atoms with Crippen molar-refractivity contribution in [2.45, 2.75) is 0 Å². The van der Waals surface area contributed by atoms with Crippen LogP contribution in [0.3, 0.4) is 0 Å². The highest BCUT2D eigenvalue weighted by atomic mass is 15.0. The standard InChI is InChI=1S/C60H39N3/c1-4-16-40(17-5-1)42-20-14-24-47(36-42)61-54-28-12-11-27-50(54)52-38-44(30-33-56(52)61)45-31-34-57-53(39-45)59-58(62(57)48-25-15-21-43(37-48)41-18-6-2-7-19-41)35-32-51-49-26-10-13-29-55(49)63(60(51)59)46-22-8-3-9-23-46/h1-39H. The highest BCUT2D eigenvalue weighted by molar-refractivity contribution is 6.26. The summed E-state index contributed by atoms with van der Waals surface area (Å²) in [6, 6.07) is 86.4. The fraction of sp³-hybridized carbons (Fsp3) is 0. The monoisotopic (exact) mass is 801 g/mol. The second-order valence-corrected chi connectivity index (χ2v) is 16.5. The number of nitrogens with zero attached hydrogens (tertiary/aromatic N) is 3. The number of rotatable bonds is 6. The van der Waals surface area contributed by atoms with E-state index in [-0.39, 0.29) is 0 Å². The van der Waals surface area contributed by atoms with Crippen molar-refractivity contribution in [3.05, 3.63) is 237 Å². The van der Waals surface area contributed by atoms with Gasteiger partial charge in [-0.3, -0.25) is 0 Å². The van der Waals surface area contributed by atoms with E-state index in [1.54, 1.807) is 0 Å². The second-order valence-electron chi connectivity index (χ2n) is 16.5. The SMILES string of the molecule is c1ccc(-c2cccc(-n3c4ccccc4c4cc(-c5ccc6c(c5)c5c(ccc7c8ccccc8n(-c8ccccc8)c75)n6-c5cccc(-c6ccccc6)c5)ccc43)c2)cc1. The van der Waals surface area contributed by atoms with Crippen LogP contribution < -0.4 is 0 Å². The molecule has 3 heterocycles. The summed E-state index contributed by atoms with van der Waals surface area (Å²) in [6.07, 6.45) is 0. The first-order valence-electron chi connectivity index (χ1n) is 21.7. The number of fused-ring (bicyclic) bond motifs is 10. The third-order valence-corrected chi connectivity index (χ3v) is 13.0. The predicted octanol–water partition coefficient (Wildman–Crippen LogP) is 16.0. The van der Waals surface area contributed by atoms with E-state index in [1.165, 1.54) is 98.8 Å². The van der Waals surface area contributed by atoms with E-state index in [1.807, 2.05) is 0 Å². The van der Waals surface area contributed by atoms with Crippen molar-refractivity contribution in [3.63, 3.8) is 0 Å². The molecule has 0 aliphatic carbocycles. The number of para-hydroxylation sites is 3. The first-order valence-corrected chi connectivity index (χ1v) is 21.7. The molecule has 0 N–H and O–H groups in total. The van der Waals surface area contributed by atoms with Gasteiger partial charge in [-0.15, -0.1) is 0 Å². The number of aromatic nitrogens is 3. The van der Waals surface area contributed by atoms with Crippen molar-refractivity contribution >= 4 is 65.4 Å². The quantitative estimate of drug-likeness (QED) is 0.159. The van der Waals surface area contributed by atoms with E-state index < -0.39 is 0 Å². The summed E-state index contributed by atoms with van der Waals surface area (Å²) < 4.78 is 7.35. The highest BCUT2D eigenvalue weighted by Crippen LogP contribution is 2.44. The lowest BCUT2D eigenvalue weighted by molar-refractivity contribution is 1.17. The van der Waals surface area contributed by atoms with Crippen molar-refractivity contribution in [3.8, 4) is 50.4 Å². The molecule has 0 bridgehead atoms. The van der Waals surface area contributed by atoms with Crippen LogP contribution in [-0.2, 0) is 0 Å². The molecule has 0 amide bonds. The summed E-state index contributed by atoms with van der Waals surface area (Å²) in [5.74, 6) is 0. The Kier molecular flexibility index (Phi) is 7.91. The van der Waals surface area contributed by atoms with Crippen molar-refractivity contribution in [1.82, 2.24) is 13.7 Å². The van der Waals surface area contributed by atoms with Crippen LogP contribution in [0, 0.1) is 0 Å². The van der Waals surface area contributed by atoms with Crippen LogP contribution in [-0.4, -0.2) is 13.7 Å². The summed E-state index contributed by atoms with van der Waals surface area (Å²) in [7, 11) is 0. The maximum atomic E-state index is 2.47. The van der Waals surface area contributed by atoms with Crippen LogP contribution in [0.5, 0.6) is 0 Å². The molecule has 0 saturated heterocycles. The van der Waals surface area contributed by atoms with Gasteiger partial charge in [-0.25, -0.2) is 0 Å². The topological polar surface area (TPSA) is 14.8 Å². The van der Waals surface area contributed by atoms with Crippen LogP contribution in [0.25, 0.3) is 116 Å². The molecule has 63 heavy (non-hydrogen) atoms. The molecule has 10 aromatic carbocycles. The predicted molar refractivity (Wildman–Crippen MR) is 266 cm³/mol. The normalized spacial score (nSPS) is 11.8. The van der Waals surface area contributed by atoms with Gasteiger partial charge < -0.3 is 13.7 Å². The lowest BCUT2D eigenvalue weighted by atomic mass is 10.00. The Morgan fingerprint density at radius 3 is 1.24 bits per heavy atom.